The summed E-state index contributed by atoms with van der Waals surface area (Å²) in [5, 5.41) is 10.8. The number of nitrogens with zero attached hydrogens (tertiary/aromatic N) is 1. The SMILES string of the molecule is CCOC(=O)C1=C2C(=O)[C@@]3(C)C[C@@H](OC(=O)c4ccc([N+](=O)[O-])cc4)C=C3CC[C@@H]2CC[C@H]1C. The summed E-state index contributed by atoms with van der Waals surface area (Å²) < 4.78 is 11.0. The molecule has 34 heavy (non-hydrogen) atoms. The van der Waals surface area contributed by atoms with Crippen LogP contribution in [-0.4, -0.2) is 35.4 Å². The Hall–Kier alpha value is -3.29. The number of carbonyl (C=O) groups is 3. The number of allylic oxidation sites excluding steroid dienone is 2. The fourth-order valence-corrected chi connectivity index (χ4v) is 5.57. The largest absolute Gasteiger partial charge is 0.463 e. The zero-order chi connectivity index (χ0) is 24.6. The third-order valence-electron chi connectivity index (χ3n) is 7.42. The van der Waals surface area contributed by atoms with Gasteiger partial charge >= 0.3 is 11.9 Å². The van der Waals surface area contributed by atoms with Crippen molar-refractivity contribution in [3.05, 3.63) is 62.7 Å². The Balaban J connectivity index is 1.59. The molecule has 0 radical (unpaired) electrons. The highest BCUT2D eigenvalue weighted by molar-refractivity contribution is 6.09. The van der Waals surface area contributed by atoms with E-state index in [-0.39, 0.29) is 35.5 Å². The van der Waals surface area contributed by atoms with Gasteiger partial charge in [0.15, 0.2) is 5.78 Å². The van der Waals surface area contributed by atoms with Crippen LogP contribution >= 0.6 is 0 Å². The molecule has 8 heteroatoms. The number of carbonyl (C=O) groups excluding carboxylic acids is 3. The highest BCUT2D eigenvalue weighted by Crippen LogP contribution is 2.52. The van der Waals surface area contributed by atoms with Crippen molar-refractivity contribution in [1.82, 2.24) is 0 Å². The Morgan fingerprint density at radius 3 is 2.50 bits per heavy atom. The molecule has 3 aliphatic carbocycles. The van der Waals surface area contributed by atoms with Crippen LogP contribution in [0.2, 0.25) is 0 Å². The summed E-state index contributed by atoms with van der Waals surface area (Å²) in [6.45, 7) is 5.85. The second-order valence-electron chi connectivity index (χ2n) is 9.57. The minimum atomic E-state index is -0.848. The Labute approximate surface area is 198 Å². The maximum absolute atomic E-state index is 13.9. The molecule has 0 heterocycles. The number of ether oxygens (including phenoxy) is 2. The van der Waals surface area contributed by atoms with Crippen LogP contribution in [0.25, 0.3) is 0 Å². The molecule has 0 N–H and O–H groups in total. The molecule has 1 aromatic carbocycles. The summed E-state index contributed by atoms with van der Waals surface area (Å²) >= 11 is 0. The standard InChI is InChI=1S/C26H29NO7/c1-4-33-25(30)21-15(2)5-6-16-7-10-18-13-20(14-26(18,3)23(28)22(16)21)34-24(29)17-8-11-19(12-9-17)27(31)32/h8-9,11-13,15-16,20H,4-7,10,14H2,1-3H3/t15-,16+,20+,26+/m1/s1. The van der Waals surface area contributed by atoms with E-state index in [1.54, 1.807) is 6.92 Å². The molecule has 1 aromatic rings. The van der Waals surface area contributed by atoms with Gasteiger partial charge in [-0.05, 0) is 69.6 Å². The van der Waals surface area contributed by atoms with Gasteiger partial charge in [-0.25, -0.2) is 9.59 Å². The molecule has 0 unspecified atom stereocenters. The Kier molecular flexibility index (Phi) is 6.43. The van der Waals surface area contributed by atoms with Gasteiger partial charge in [-0.1, -0.05) is 12.5 Å². The zero-order valence-electron chi connectivity index (χ0n) is 19.7. The first-order valence-corrected chi connectivity index (χ1v) is 11.8. The lowest BCUT2D eigenvalue weighted by molar-refractivity contribution is -0.384. The van der Waals surface area contributed by atoms with Crippen LogP contribution in [0.5, 0.6) is 0 Å². The van der Waals surface area contributed by atoms with Crippen molar-refractivity contribution in [2.24, 2.45) is 17.3 Å². The van der Waals surface area contributed by atoms with E-state index in [2.05, 4.69) is 0 Å². The molecule has 8 nitrogen and oxygen atoms in total. The molecule has 4 atom stereocenters. The molecule has 0 aromatic heterocycles. The summed E-state index contributed by atoms with van der Waals surface area (Å²) in [5.74, 6) is -1.07. The van der Waals surface area contributed by atoms with Crippen LogP contribution in [0.3, 0.4) is 0 Å². The van der Waals surface area contributed by atoms with Crippen molar-refractivity contribution in [3.63, 3.8) is 0 Å². The van der Waals surface area contributed by atoms with Gasteiger partial charge in [0.2, 0.25) is 0 Å². The van der Waals surface area contributed by atoms with Crippen LogP contribution in [0.15, 0.2) is 47.1 Å². The molecular formula is C26H29NO7. The number of Topliss-reactive ketones (excluding diaryl/α,β-unsaturated/α-hetero) is 1. The number of ketones is 1. The number of fused-ring (bicyclic) bond motifs is 2. The molecule has 3 aliphatic rings. The van der Waals surface area contributed by atoms with Crippen LogP contribution in [0.4, 0.5) is 5.69 Å². The maximum Gasteiger partial charge on any atom is 0.338 e. The van der Waals surface area contributed by atoms with Crippen molar-refractivity contribution in [2.45, 2.75) is 59.0 Å². The molecule has 0 saturated heterocycles. The Morgan fingerprint density at radius 1 is 1.15 bits per heavy atom. The van der Waals surface area contributed by atoms with Crippen molar-refractivity contribution >= 4 is 23.4 Å². The highest BCUT2D eigenvalue weighted by Gasteiger charge is 2.51. The molecule has 0 amide bonds. The molecular weight excluding hydrogens is 438 g/mol. The van der Waals surface area contributed by atoms with E-state index in [0.29, 0.717) is 24.0 Å². The van der Waals surface area contributed by atoms with Crippen molar-refractivity contribution in [1.29, 1.82) is 0 Å². The fourth-order valence-electron chi connectivity index (χ4n) is 5.57. The summed E-state index contributed by atoms with van der Waals surface area (Å²) in [6.07, 6.45) is 4.77. The molecule has 4 rings (SSSR count). The van der Waals surface area contributed by atoms with E-state index in [1.165, 1.54) is 24.3 Å². The molecule has 0 spiro atoms. The van der Waals surface area contributed by atoms with Crippen molar-refractivity contribution < 1.29 is 28.8 Å². The van der Waals surface area contributed by atoms with Gasteiger partial charge < -0.3 is 9.47 Å². The summed E-state index contributed by atoms with van der Waals surface area (Å²) in [5.41, 5.74) is 1.31. The molecule has 0 aliphatic heterocycles. The number of hydrogen-bond acceptors (Lipinski definition) is 7. The molecule has 180 valence electrons. The maximum atomic E-state index is 13.9. The van der Waals surface area contributed by atoms with Gasteiger partial charge in [-0.15, -0.1) is 0 Å². The lowest BCUT2D eigenvalue weighted by atomic mass is 9.70. The Bertz CT molecular complexity index is 1100. The predicted molar refractivity (Wildman–Crippen MR) is 123 cm³/mol. The number of esters is 2. The normalized spacial score (nSPS) is 28.4. The second-order valence-corrected chi connectivity index (χ2v) is 9.57. The molecule has 1 saturated carbocycles. The van der Waals surface area contributed by atoms with Gasteiger partial charge in [0.05, 0.1) is 22.5 Å². The van der Waals surface area contributed by atoms with Gasteiger partial charge in [0, 0.05) is 29.7 Å². The minimum absolute atomic E-state index is 0.0348. The number of hydrogen-bond donors (Lipinski definition) is 0. The second kappa shape index (κ2) is 9.16. The zero-order valence-corrected chi connectivity index (χ0v) is 19.7. The molecule has 1 fully saturated rings. The van der Waals surface area contributed by atoms with E-state index in [1.807, 2.05) is 19.9 Å². The third-order valence-corrected chi connectivity index (χ3v) is 7.42. The van der Waals surface area contributed by atoms with Crippen LogP contribution < -0.4 is 0 Å². The van der Waals surface area contributed by atoms with Crippen molar-refractivity contribution in [2.75, 3.05) is 6.61 Å². The summed E-state index contributed by atoms with van der Waals surface area (Å²) in [4.78, 5) is 49.7. The highest BCUT2D eigenvalue weighted by atomic mass is 16.6. The van der Waals surface area contributed by atoms with Gasteiger partial charge in [0.1, 0.15) is 6.10 Å². The third kappa shape index (κ3) is 4.17. The number of nitro benzene ring substituents is 1. The van der Waals surface area contributed by atoms with E-state index >= 15 is 0 Å². The minimum Gasteiger partial charge on any atom is -0.463 e. The summed E-state index contributed by atoms with van der Waals surface area (Å²) in [6, 6.07) is 5.23. The van der Waals surface area contributed by atoms with Gasteiger partial charge in [0.25, 0.3) is 5.69 Å². The number of non-ortho nitro benzene ring substituents is 1. The topological polar surface area (TPSA) is 113 Å². The van der Waals surface area contributed by atoms with Crippen LogP contribution in [-0.2, 0) is 19.1 Å². The monoisotopic (exact) mass is 467 g/mol. The van der Waals surface area contributed by atoms with Crippen LogP contribution in [0, 0.1) is 27.4 Å². The average molecular weight is 468 g/mol. The van der Waals surface area contributed by atoms with E-state index in [0.717, 1.165) is 24.8 Å². The molecule has 0 bridgehead atoms. The summed E-state index contributed by atoms with van der Waals surface area (Å²) in [7, 11) is 0. The predicted octanol–water partition coefficient (Wildman–Crippen LogP) is 4.73. The Morgan fingerprint density at radius 2 is 1.85 bits per heavy atom. The van der Waals surface area contributed by atoms with E-state index < -0.39 is 28.4 Å². The van der Waals surface area contributed by atoms with Crippen molar-refractivity contribution in [3.8, 4) is 0 Å². The van der Waals surface area contributed by atoms with Gasteiger partial charge in [-0.3, -0.25) is 14.9 Å². The average Bonchev–Trinajstić information content (AvgIpc) is 3.08. The quantitative estimate of drug-likeness (QED) is 0.266. The fraction of sp³-hybridized carbons (Fsp3) is 0.500. The lowest BCUT2D eigenvalue weighted by Crippen LogP contribution is -2.35. The first-order valence-electron chi connectivity index (χ1n) is 11.8. The first kappa shape index (κ1) is 23.9. The van der Waals surface area contributed by atoms with E-state index in [4.69, 9.17) is 9.47 Å². The van der Waals surface area contributed by atoms with Gasteiger partial charge in [-0.2, -0.15) is 0 Å². The van der Waals surface area contributed by atoms with E-state index in [9.17, 15) is 24.5 Å². The number of rotatable bonds is 5. The smallest absolute Gasteiger partial charge is 0.338 e. The van der Waals surface area contributed by atoms with Crippen LogP contribution in [0.1, 0.15) is 63.2 Å². The number of benzene rings is 1. The number of nitro groups is 1. The lowest BCUT2D eigenvalue weighted by Gasteiger charge is -2.33. The first-order chi connectivity index (χ1) is 16.2.